The van der Waals surface area contributed by atoms with Crippen LogP contribution in [0.15, 0.2) is 60.9 Å². The fourth-order valence-corrected chi connectivity index (χ4v) is 2.69. The van der Waals surface area contributed by atoms with Gasteiger partial charge in [0.05, 0.1) is 12.4 Å². The van der Waals surface area contributed by atoms with Crippen LogP contribution in [-0.4, -0.2) is 15.9 Å². The lowest BCUT2D eigenvalue weighted by atomic mass is 10.1. The molecule has 0 aliphatic rings. The minimum atomic E-state index is -0.261. The van der Waals surface area contributed by atoms with E-state index in [9.17, 15) is 4.79 Å². The molecule has 0 bridgehead atoms. The number of nitrogens with zero attached hydrogens (tertiary/aromatic N) is 2. The first-order chi connectivity index (χ1) is 12.7. The van der Waals surface area contributed by atoms with Crippen molar-refractivity contribution in [2.24, 2.45) is 0 Å². The third-order valence-corrected chi connectivity index (χ3v) is 4.09. The summed E-state index contributed by atoms with van der Waals surface area (Å²) in [6.45, 7) is 4.78. The molecule has 3 rings (SSSR count). The number of amides is 1. The predicted molar refractivity (Wildman–Crippen MR) is 104 cm³/mol. The third-order valence-electron chi connectivity index (χ3n) is 4.09. The van der Waals surface area contributed by atoms with Gasteiger partial charge in [-0.2, -0.15) is 0 Å². The molecular formula is C21H22N4O. The Hall–Kier alpha value is -3.21. The maximum absolute atomic E-state index is 12.4. The quantitative estimate of drug-likeness (QED) is 0.701. The lowest BCUT2D eigenvalue weighted by molar-refractivity contribution is 0.102. The first-order valence-electron chi connectivity index (χ1n) is 8.66. The number of carbonyl (C=O) groups excluding carboxylic acids is 1. The lowest BCUT2D eigenvalue weighted by Crippen LogP contribution is -2.15. The van der Waals surface area contributed by atoms with Gasteiger partial charge in [0.15, 0.2) is 0 Å². The molecule has 5 nitrogen and oxygen atoms in total. The Labute approximate surface area is 153 Å². The lowest BCUT2D eigenvalue weighted by Gasteiger charge is -2.10. The summed E-state index contributed by atoms with van der Waals surface area (Å²) in [6.07, 6.45) is 3.92. The van der Waals surface area contributed by atoms with E-state index in [0.29, 0.717) is 12.4 Å². The van der Waals surface area contributed by atoms with Crippen molar-refractivity contribution in [2.45, 2.75) is 26.8 Å². The van der Waals surface area contributed by atoms with Crippen molar-refractivity contribution >= 4 is 17.4 Å². The molecule has 0 fully saturated rings. The fraction of sp³-hybridized carbons (Fsp3) is 0.190. The number of rotatable bonds is 6. The summed E-state index contributed by atoms with van der Waals surface area (Å²) in [5.41, 5.74) is 4.57. The Kier molecular flexibility index (Phi) is 5.59. The molecule has 0 aliphatic heterocycles. The Morgan fingerprint density at radius 2 is 1.88 bits per heavy atom. The van der Waals surface area contributed by atoms with Crippen LogP contribution in [0.5, 0.6) is 0 Å². The average molecular weight is 346 g/mol. The summed E-state index contributed by atoms with van der Waals surface area (Å²) < 4.78 is 0. The number of hydrogen-bond acceptors (Lipinski definition) is 4. The van der Waals surface area contributed by atoms with Gasteiger partial charge in [-0.3, -0.25) is 4.79 Å². The molecule has 26 heavy (non-hydrogen) atoms. The molecule has 1 aromatic heterocycles. The molecular weight excluding hydrogens is 324 g/mol. The highest BCUT2D eigenvalue weighted by Gasteiger charge is 2.10. The number of nitrogens with one attached hydrogen (secondary N) is 2. The molecule has 0 saturated heterocycles. The van der Waals surface area contributed by atoms with Gasteiger partial charge in [-0.1, -0.05) is 55.0 Å². The molecule has 3 aromatic rings. The van der Waals surface area contributed by atoms with E-state index in [0.717, 1.165) is 17.7 Å². The normalized spacial score (nSPS) is 10.4. The van der Waals surface area contributed by atoms with E-state index in [1.54, 1.807) is 6.20 Å². The van der Waals surface area contributed by atoms with Crippen LogP contribution in [0.2, 0.25) is 0 Å². The topological polar surface area (TPSA) is 66.9 Å². The zero-order valence-electron chi connectivity index (χ0n) is 15.0. The molecule has 5 heteroatoms. The standard InChI is InChI=1S/C21H22N4O/c1-3-17-9-4-5-10-18(17)25-21(26)19-13-24-20(14-22-19)23-12-16-8-6-7-15(2)11-16/h4-11,13-14H,3,12H2,1-2H3,(H,23,24)(H,25,26). The second-order valence-corrected chi connectivity index (χ2v) is 6.09. The molecule has 0 spiro atoms. The van der Waals surface area contributed by atoms with Gasteiger partial charge in [-0.25, -0.2) is 9.97 Å². The summed E-state index contributed by atoms with van der Waals surface area (Å²) in [6, 6.07) is 16.0. The van der Waals surface area contributed by atoms with Gasteiger partial charge >= 0.3 is 0 Å². The molecule has 1 amide bonds. The molecule has 1 heterocycles. The van der Waals surface area contributed by atoms with Gasteiger partial charge < -0.3 is 10.6 Å². The zero-order chi connectivity index (χ0) is 18.4. The SMILES string of the molecule is CCc1ccccc1NC(=O)c1cnc(NCc2cccc(C)c2)cn1. The van der Waals surface area contributed by atoms with E-state index in [1.807, 2.05) is 30.3 Å². The molecule has 0 radical (unpaired) electrons. The number of benzene rings is 2. The van der Waals surface area contributed by atoms with E-state index in [1.165, 1.54) is 17.3 Å². The zero-order valence-corrected chi connectivity index (χ0v) is 15.0. The van der Waals surface area contributed by atoms with Crippen LogP contribution >= 0.6 is 0 Å². The largest absolute Gasteiger partial charge is 0.365 e. The van der Waals surface area contributed by atoms with Crippen molar-refractivity contribution in [1.29, 1.82) is 0 Å². The van der Waals surface area contributed by atoms with Crippen molar-refractivity contribution in [3.63, 3.8) is 0 Å². The van der Waals surface area contributed by atoms with Crippen molar-refractivity contribution in [3.05, 3.63) is 83.3 Å². The van der Waals surface area contributed by atoms with Crippen LogP contribution in [-0.2, 0) is 13.0 Å². The highest BCUT2D eigenvalue weighted by Crippen LogP contribution is 2.16. The van der Waals surface area contributed by atoms with Gasteiger partial charge in [0, 0.05) is 12.2 Å². The predicted octanol–water partition coefficient (Wildman–Crippen LogP) is 4.21. The molecule has 0 saturated carbocycles. The number of aromatic nitrogens is 2. The van der Waals surface area contributed by atoms with Crippen LogP contribution < -0.4 is 10.6 Å². The van der Waals surface area contributed by atoms with Gasteiger partial charge in [0.25, 0.3) is 5.91 Å². The summed E-state index contributed by atoms with van der Waals surface area (Å²) in [7, 11) is 0. The van der Waals surface area contributed by atoms with Gasteiger partial charge in [0.1, 0.15) is 11.5 Å². The maximum atomic E-state index is 12.4. The van der Waals surface area contributed by atoms with E-state index in [2.05, 4.69) is 52.6 Å². The fourth-order valence-electron chi connectivity index (χ4n) is 2.69. The molecule has 132 valence electrons. The van der Waals surface area contributed by atoms with Crippen LogP contribution in [0.3, 0.4) is 0 Å². The van der Waals surface area contributed by atoms with Crippen molar-refractivity contribution in [2.75, 3.05) is 10.6 Å². The average Bonchev–Trinajstić information content (AvgIpc) is 2.67. The monoisotopic (exact) mass is 346 g/mol. The summed E-state index contributed by atoms with van der Waals surface area (Å²) in [4.78, 5) is 20.9. The molecule has 2 aromatic carbocycles. The number of carbonyl (C=O) groups is 1. The second-order valence-electron chi connectivity index (χ2n) is 6.09. The molecule has 0 atom stereocenters. The highest BCUT2D eigenvalue weighted by molar-refractivity contribution is 6.03. The van der Waals surface area contributed by atoms with E-state index in [-0.39, 0.29) is 11.6 Å². The Bertz CT molecular complexity index is 891. The van der Waals surface area contributed by atoms with Crippen LogP contribution in [0, 0.1) is 6.92 Å². The highest BCUT2D eigenvalue weighted by atomic mass is 16.1. The summed E-state index contributed by atoms with van der Waals surface area (Å²) >= 11 is 0. The Morgan fingerprint density at radius 3 is 2.62 bits per heavy atom. The van der Waals surface area contributed by atoms with Gasteiger partial charge in [0.2, 0.25) is 0 Å². The first kappa shape index (κ1) is 17.6. The van der Waals surface area contributed by atoms with Crippen molar-refractivity contribution in [1.82, 2.24) is 9.97 Å². The Morgan fingerprint density at radius 1 is 1.04 bits per heavy atom. The van der Waals surface area contributed by atoms with Gasteiger partial charge in [-0.15, -0.1) is 0 Å². The van der Waals surface area contributed by atoms with E-state index < -0.39 is 0 Å². The number of anilines is 2. The second kappa shape index (κ2) is 8.25. The van der Waals surface area contributed by atoms with Crippen LogP contribution in [0.25, 0.3) is 0 Å². The minimum Gasteiger partial charge on any atom is -0.365 e. The maximum Gasteiger partial charge on any atom is 0.275 e. The minimum absolute atomic E-state index is 0.261. The Balaban J connectivity index is 1.62. The number of aryl methyl sites for hydroxylation is 2. The van der Waals surface area contributed by atoms with Crippen LogP contribution in [0.4, 0.5) is 11.5 Å². The summed E-state index contributed by atoms with van der Waals surface area (Å²) in [5.74, 6) is 0.376. The van der Waals surface area contributed by atoms with Crippen LogP contribution in [0.1, 0.15) is 34.1 Å². The molecule has 2 N–H and O–H groups in total. The smallest absolute Gasteiger partial charge is 0.275 e. The summed E-state index contributed by atoms with van der Waals surface area (Å²) in [5, 5.41) is 6.12. The third kappa shape index (κ3) is 4.45. The van der Waals surface area contributed by atoms with E-state index in [4.69, 9.17) is 0 Å². The van der Waals surface area contributed by atoms with Crippen molar-refractivity contribution < 1.29 is 4.79 Å². The first-order valence-corrected chi connectivity index (χ1v) is 8.66. The van der Waals surface area contributed by atoms with E-state index >= 15 is 0 Å². The molecule has 0 aliphatic carbocycles. The number of hydrogen-bond donors (Lipinski definition) is 2. The van der Waals surface area contributed by atoms with Crippen molar-refractivity contribution in [3.8, 4) is 0 Å². The molecule has 0 unspecified atom stereocenters. The van der Waals surface area contributed by atoms with Gasteiger partial charge in [-0.05, 0) is 30.5 Å². The number of para-hydroxylation sites is 1.